The van der Waals surface area contributed by atoms with E-state index in [-0.39, 0.29) is 0 Å². The lowest BCUT2D eigenvalue weighted by Gasteiger charge is -2.52. The van der Waals surface area contributed by atoms with E-state index in [0.29, 0.717) is 13.2 Å². The molecule has 0 saturated carbocycles. The topological polar surface area (TPSA) is 114 Å². The number of oxime groups is 1. The first-order valence-corrected chi connectivity index (χ1v) is 48.2. The molecule has 0 aromatic heterocycles. The molecule has 0 amide bonds. The highest BCUT2D eigenvalue weighted by Crippen LogP contribution is 2.36. The highest BCUT2D eigenvalue weighted by molar-refractivity contribution is 6.72. The molecule has 1 heterocycles. The molecule has 0 N–H and O–H groups in total. The summed E-state index contributed by atoms with van der Waals surface area (Å²) in [7, 11) is -15.7. The lowest BCUT2D eigenvalue weighted by Crippen LogP contribution is -2.67. The number of rotatable bonds is 25. The van der Waals surface area contributed by atoms with E-state index in [9.17, 15) is 0 Å². The third-order valence-corrected chi connectivity index (χ3v) is 15.5. The maximum Gasteiger partial charge on any atom is 0.186 e. The summed E-state index contributed by atoms with van der Waals surface area (Å²) < 4.78 is 70.5. The molecule has 0 aromatic rings. The summed E-state index contributed by atoms with van der Waals surface area (Å²) in [5, 5.41) is 4.35. The van der Waals surface area contributed by atoms with E-state index < -0.39 is 122 Å². The minimum absolute atomic E-state index is 0.336. The molecule has 340 valence electrons. The maximum absolute atomic E-state index is 7.32. The highest BCUT2D eigenvalue weighted by Gasteiger charge is 2.54. The minimum Gasteiger partial charge on any atom is -0.415 e. The lowest BCUT2D eigenvalue weighted by atomic mass is 9.99. The van der Waals surface area contributed by atoms with Crippen molar-refractivity contribution in [2.45, 2.75) is 212 Å². The quantitative estimate of drug-likeness (QED) is 0.0495. The van der Waals surface area contributed by atoms with Crippen molar-refractivity contribution in [1.29, 1.82) is 0 Å². The van der Waals surface area contributed by atoms with Crippen molar-refractivity contribution in [3.05, 3.63) is 0 Å². The van der Waals surface area contributed by atoms with Gasteiger partial charge >= 0.3 is 0 Å². The van der Waals surface area contributed by atoms with E-state index in [0.717, 1.165) is 0 Å². The fourth-order valence-corrected chi connectivity index (χ4v) is 13.9. The van der Waals surface area contributed by atoms with Crippen LogP contribution in [0.1, 0.15) is 0 Å². The minimum atomic E-state index is -2.31. The number of ether oxygens (including phenoxy) is 2. The lowest BCUT2D eigenvalue weighted by molar-refractivity contribution is -0.302. The van der Waals surface area contributed by atoms with Crippen molar-refractivity contribution in [1.82, 2.24) is 0 Å². The fourth-order valence-electron chi connectivity index (χ4n) is 6.03. The highest BCUT2D eigenvalue weighted by atomic mass is 28.4. The number of nitrogens with zero attached hydrogens (tertiary/aromatic N) is 1. The first-order chi connectivity index (χ1) is 25.2. The van der Waals surface area contributed by atoms with Gasteiger partial charge in [0.05, 0.1) is 31.6 Å². The maximum atomic E-state index is 7.32. The van der Waals surface area contributed by atoms with E-state index in [2.05, 4.69) is 162 Å². The van der Waals surface area contributed by atoms with E-state index in [1.165, 1.54) is 7.11 Å². The molecule has 9 unspecified atom stereocenters. The third kappa shape index (κ3) is 24.9. The van der Waals surface area contributed by atoms with Gasteiger partial charge in [-0.05, 0) is 157 Å². The molecule has 1 rings (SSSR count). The molecule has 12 nitrogen and oxygen atoms in total. The first-order valence-electron chi connectivity index (χ1n) is 20.9. The standard InChI is InChI=1S/C37H89NO11Si8/c1-39-38-26-29(32(45-53(11,12)13)34(47-55(17,18)19)31(44-52(8,9)10)28-41-51(5,6)7)42-37-36(49-57(23,24)25)35(48-56(20,21)22)33(46-54(14,15)16)30(43-37)27-40-50(2,3)4/h26,29-37H,27-28H2,1-25H3/b38-26+. The van der Waals surface area contributed by atoms with Gasteiger partial charge in [-0.15, -0.1) is 0 Å². The largest absolute Gasteiger partial charge is 0.415 e. The van der Waals surface area contributed by atoms with Crippen molar-refractivity contribution < 1.29 is 49.7 Å². The summed E-state index contributed by atoms with van der Waals surface area (Å²) >= 11 is 0. The van der Waals surface area contributed by atoms with Gasteiger partial charge in [0.15, 0.2) is 72.8 Å². The summed E-state index contributed by atoms with van der Waals surface area (Å²) in [5.74, 6) is 0. The van der Waals surface area contributed by atoms with Crippen LogP contribution in [0, 0.1) is 0 Å². The molecule has 57 heavy (non-hydrogen) atoms. The molecule has 0 aromatic carbocycles. The fraction of sp³-hybridized carbons (Fsp3) is 0.973. The SMILES string of the molecule is CO/N=C/C(OC1OC(CO[Si](C)(C)C)C(O[Si](C)(C)C)C(O[Si](C)(C)C)C1O[Si](C)(C)C)C(O[Si](C)(C)C)C(O[Si](C)(C)C)C(CO[Si](C)(C)C)O[Si](C)(C)C. The van der Waals surface area contributed by atoms with Crippen molar-refractivity contribution in [3.8, 4) is 0 Å². The second-order valence-electron chi connectivity index (χ2n) is 23.2. The van der Waals surface area contributed by atoms with Crippen LogP contribution in [0.2, 0.25) is 157 Å². The van der Waals surface area contributed by atoms with Crippen LogP contribution in [0.4, 0.5) is 0 Å². The van der Waals surface area contributed by atoms with Crippen LogP contribution in [-0.2, 0) is 49.7 Å². The van der Waals surface area contributed by atoms with Crippen molar-refractivity contribution in [2.24, 2.45) is 5.16 Å². The normalized spacial score (nSPS) is 24.8. The molecule has 0 aliphatic carbocycles. The summed E-state index contributed by atoms with van der Waals surface area (Å²) in [5.41, 5.74) is 0. The summed E-state index contributed by atoms with van der Waals surface area (Å²) in [6.07, 6.45) is -3.74. The first kappa shape index (κ1) is 55.8. The third-order valence-electron chi connectivity index (χ3n) is 7.52. The van der Waals surface area contributed by atoms with Crippen molar-refractivity contribution >= 4 is 72.8 Å². The zero-order valence-electron chi connectivity index (χ0n) is 41.1. The van der Waals surface area contributed by atoms with Gasteiger partial charge < -0.3 is 49.7 Å². The predicted molar refractivity (Wildman–Crippen MR) is 257 cm³/mol. The molecule has 1 fully saturated rings. The van der Waals surface area contributed by atoms with Crippen LogP contribution in [0.25, 0.3) is 0 Å². The zero-order valence-corrected chi connectivity index (χ0v) is 49.1. The Morgan fingerprint density at radius 3 is 1.32 bits per heavy atom. The monoisotopic (exact) mass is 947 g/mol. The zero-order chi connectivity index (χ0) is 44.8. The molecule has 9 atom stereocenters. The van der Waals surface area contributed by atoms with Gasteiger partial charge in [-0.1, -0.05) is 5.16 Å². The predicted octanol–water partition coefficient (Wildman–Crippen LogP) is 9.75. The van der Waals surface area contributed by atoms with Crippen molar-refractivity contribution in [2.75, 3.05) is 20.3 Å². The van der Waals surface area contributed by atoms with Gasteiger partial charge in [-0.25, -0.2) is 0 Å². The van der Waals surface area contributed by atoms with Gasteiger partial charge in [0.25, 0.3) is 0 Å². The Hall–Kier alpha value is 0.805. The van der Waals surface area contributed by atoms with Crippen LogP contribution in [-0.4, -0.2) is 148 Å². The van der Waals surface area contributed by atoms with Gasteiger partial charge in [0, 0.05) is 0 Å². The molecule has 0 radical (unpaired) electrons. The second-order valence-corrected chi connectivity index (χ2v) is 59.0. The Labute approximate surface area is 358 Å². The molecule has 1 aliphatic heterocycles. The number of hydrogen-bond donors (Lipinski definition) is 0. The summed E-state index contributed by atoms with van der Waals surface area (Å²) in [4.78, 5) is 5.37. The van der Waals surface area contributed by atoms with Crippen LogP contribution < -0.4 is 0 Å². The van der Waals surface area contributed by atoms with E-state index in [1.54, 1.807) is 6.21 Å². The van der Waals surface area contributed by atoms with E-state index in [1.807, 2.05) is 0 Å². The van der Waals surface area contributed by atoms with E-state index >= 15 is 0 Å². The van der Waals surface area contributed by atoms with Gasteiger partial charge in [-0.3, -0.25) is 0 Å². The van der Waals surface area contributed by atoms with Crippen LogP contribution in [0.5, 0.6) is 0 Å². The van der Waals surface area contributed by atoms with Crippen molar-refractivity contribution in [3.63, 3.8) is 0 Å². The van der Waals surface area contributed by atoms with Gasteiger partial charge in [0.1, 0.15) is 43.7 Å². The molecule has 0 bridgehead atoms. The Bertz CT molecular complexity index is 1210. The Kier molecular flexibility index (Phi) is 21.0. The van der Waals surface area contributed by atoms with Crippen LogP contribution in [0.3, 0.4) is 0 Å². The average Bonchev–Trinajstić information content (AvgIpc) is 2.92. The van der Waals surface area contributed by atoms with Gasteiger partial charge in [0.2, 0.25) is 0 Å². The molecule has 0 spiro atoms. The molecule has 20 heteroatoms. The van der Waals surface area contributed by atoms with Crippen LogP contribution >= 0.6 is 0 Å². The Morgan fingerprint density at radius 1 is 0.491 bits per heavy atom. The van der Waals surface area contributed by atoms with E-state index in [4.69, 9.17) is 49.7 Å². The molecule has 1 saturated heterocycles. The summed E-state index contributed by atoms with van der Waals surface area (Å²) in [6.45, 7) is 53.3. The second kappa shape index (κ2) is 21.5. The smallest absolute Gasteiger partial charge is 0.186 e. The average molecular weight is 949 g/mol. The summed E-state index contributed by atoms with van der Waals surface area (Å²) in [6, 6.07) is 0. The molecule has 1 aliphatic rings. The number of hydrogen-bond acceptors (Lipinski definition) is 12. The molecular weight excluding hydrogens is 859 g/mol. The van der Waals surface area contributed by atoms with Crippen LogP contribution in [0.15, 0.2) is 5.16 Å². The molecular formula is C37H89NO11Si8. The Balaban J connectivity index is 4.24. The Morgan fingerprint density at radius 2 is 0.912 bits per heavy atom. The van der Waals surface area contributed by atoms with Gasteiger partial charge in [-0.2, -0.15) is 0 Å².